The normalized spacial score (nSPS) is 10.6. The van der Waals surface area contributed by atoms with Crippen LogP contribution in [0.3, 0.4) is 0 Å². The zero-order chi connectivity index (χ0) is 12.3. The van der Waals surface area contributed by atoms with E-state index in [0.29, 0.717) is 5.92 Å². The van der Waals surface area contributed by atoms with Gasteiger partial charge in [0.25, 0.3) is 0 Å². The number of nitrogens with one attached hydrogen (secondary N) is 1. The van der Waals surface area contributed by atoms with Crippen molar-refractivity contribution in [1.82, 2.24) is 9.97 Å². The molecule has 1 aromatic heterocycles. The number of nitrogens with zero attached hydrogens (tertiary/aromatic N) is 2. The van der Waals surface area contributed by atoms with E-state index in [1.165, 1.54) is 5.56 Å². The fourth-order valence-corrected chi connectivity index (χ4v) is 2.08. The van der Waals surface area contributed by atoms with Crippen LogP contribution in [0.2, 0.25) is 0 Å². The number of anilines is 2. The Hall–Kier alpha value is -1.17. The predicted octanol–water partition coefficient (Wildman–Crippen LogP) is 3.95. The van der Waals surface area contributed by atoms with Crippen LogP contribution in [-0.2, 0) is 0 Å². The number of benzene rings is 1. The lowest BCUT2D eigenvalue weighted by atomic mass is 10.0. The van der Waals surface area contributed by atoms with Gasteiger partial charge in [0.2, 0.25) is 0 Å². The minimum atomic E-state index is 0.484. The lowest BCUT2D eigenvalue weighted by molar-refractivity contribution is 0.868. The molecule has 0 amide bonds. The highest BCUT2D eigenvalue weighted by atomic mass is 127. The van der Waals surface area contributed by atoms with Crippen LogP contribution in [0.4, 0.5) is 11.5 Å². The maximum atomic E-state index is 4.24. The standard InChI is InChI=1S/C13H14IN3/c1-9(2)10-5-3-4-6-12(10)17-13-11(14)7-15-8-16-13/h3-9H,1-2H3,(H,15,16,17). The Balaban J connectivity index is 2.34. The zero-order valence-electron chi connectivity index (χ0n) is 9.81. The molecule has 0 saturated heterocycles. The Morgan fingerprint density at radius 3 is 2.71 bits per heavy atom. The Morgan fingerprint density at radius 1 is 1.24 bits per heavy atom. The fourth-order valence-electron chi connectivity index (χ4n) is 1.65. The summed E-state index contributed by atoms with van der Waals surface area (Å²) in [6.45, 7) is 4.37. The SMILES string of the molecule is CC(C)c1ccccc1Nc1ncncc1I. The van der Waals surface area contributed by atoms with Crippen LogP contribution in [0, 0.1) is 3.57 Å². The van der Waals surface area contributed by atoms with E-state index in [2.05, 4.69) is 69.9 Å². The van der Waals surface area contributed by atoms with Gasteiger partial charge in [-0.1, -0.05) is 32.0 Å². The van der Waals surface area contributed by atoms with E-state index >= 15 is 0 Å². The summed E-state index contributed by atoms with van der Waals surface area (Å²) in [5.74, 6) is 1.34. The molecular weight excluding hydrogens is 325 g/mol. The summed E-state index contributed by atoms with van der Waals surface area (Å²) >= 11 is 2.23. The van der Waals surface area contributed by atoms with Crippen LogP contribution in [-0.4, -0.2) is 9.97 Å². The Bertz CT molecular complexity index is 512. The smallest absolute Gasteiger partial charge is 0.147 e. The van der Waals surface area contributed by atoms with E-state index in [-0.39, 0.29) is 0 Å². The molecule has 1 N–H and O–H groups in total. The first-order chi connectivity index (χ1) is 8.18. The molecule has 0 unspecified atom stereocenters. The minimum Gasteiger partial charge on any atom is -0.339 e. The summed E-state index contributed by atoms with van der Waals surface area (Å²) in [6, 6.07) is 8.31. The summed E-state index contributed by atoms with van der Waals surface area (Å²) in [7, 11) is 0. The molecule has 0 aliphatic rings. The maximum absolute atomic E-state index is 4.24. The zero-order valence-corrected chi connectivity index (χ0v) is 12.0. The summed E-state index contributed by atoms with van der Waals surface area (Å²) in [6.07, 6.45) is 3.36. The molecule has 88 valence electrons. The third-order valence-corrected chi connectivity index (χ3v) is 3.29. The second-order valence-corrected chi connectivity index (χ2v) is 5.25. The molecule has 2 rings (SSSR count). The van der Waals surface area contributed by atoms with Crippen LogP contribution in [0.5, 0.6) is 0 Å². The Labute approximate surface area is 115 Å². The highest BCUT2D eigenvalue weighted by Crippen LogP contribution is 2.27. The van der Waals surface area contributed by atoms with Crippen LogP contribution in [0.15, 0.2) is 36.8 Å². The van der Waals surface area contributed by atoms with Gasteiger partial charge in [-0.2, -0.15) is 0 Å². The molecule has 0 aliphatic carbocycles. The van der Waals surface area contributed by atoms with Crippen molar-refractivity contribution in [3.63, 3.8) is 0 Å². The summed E-state index contributed by atoms with van der Waals surface area (Å²) in [4.78, 5) is 8.23. The molecule has 0 spiro atoms. The van der Waals surface area contributed by atoms with Crippen molar-refractivity contribution in [3.05, 3.63) is 45.9 Å². The lowest BCUT2D eigenvalue weighted by Gasteiger charge is -2.14. The van der Waals surface area contributed by atoms with Crippen molar-refractivity contribution in [2.45, 2.75) is 19.8 Å². The van der Waals surface area contributed by atoms with Crippen molar-refractivity contribution < 1.29 is 0 Å². The molecule has 1 aromatic carbocycles. The average molecular weight is 339 g/mol. The first-order valence-electron chi connectivity index (χ1n) is 5.50. The summed E-state index contributed by atoms with van der Waals surface area (Å²) < 4.78 is 1.02. The highest BCUT2D eigenvalue weighted by Gasteiger charge is 2.07. The number of hydrogen-bond acceptors (Lipinski definition) is 3. The van der Waals surface area contributed by atoms with Gasteiger partial charge in [-0.05, 0) is 40.1 Å². The number of hydrogen-bond donors (Lipinski definition) is 1. The first kappa shape index (κ1) is 12.3. The molecular formula is C13H14IN3. The van der Waals surface area contributed by atoms with Crippen LogP contribution in [0.1, 0.15) is 25.3 Å². The van der Waals surface area contributed by atoms with E-state index in [1.54, 1.807) is 12.5 Å². The first-order valence-corrected chi connectivity index (χ1v) is 6.58. The van der Waals surface area contributed by atoms with Gasteiger partial charge in [0, 0.05) is 11.9 Å². The molecule has 2 aromatic rings. The number of rotatable bonds is 3. The Morgan fingerprint density at radius 2 is 2.00 bits per heavy atom. The third-order valence-electron chi connectivity index (χ3n) is 2.50. The van der Waals surface area contributed by atoms with E-state index < -0.39 is 0 Å². The molecule has 4 heteroatoms. The molecule has 3 nitrogen and oxygen atoms in total. The van der Waals surface area contributed by atoms with Gasteiger partial charge >= 0.3 is 0 Å². The van der Waals surface area contributed by atoms with E-state index in [1.807, 2.05) is 6.07 Å². The van der Waals surface area contributed by atoms with Gasteiger partial charge in [-0.15, -0.1) is 0 Å². The van der Waals surface area contributed by atoms with Crippen LogP contribution < -0.4 is 5.32 Å². The van der Waals surface area contributed by atoms with E-state index in [4.69, 9.17) is 0 Å². The van der Waals surface area contributed by atoms with E-state index in [0.717, 1.165) is 15.1 Å². The number of aromatic nitrogens is 2. The van der Waals surface area contributed by atoms with E-state index in [9.17, 15) is 0 Å². The van der Waals surface area contributed by atoms with Crippen molar-refractivity contribution in [2.24, 2.45) is 0 Å². The van der Waals surface area contributed by atoms with Crippen molar-refractivity contribution in [3.8, 4) is 0 Å². The van der Waals surface area contributed by atoms with Gasteiger partial charge in [0.15, 0.2) is 0 Å². The highest BCUT2D eigenvalue weighted by molar-refractivity contribution is 14.1. The molecule has 1 heterocycles. The largest absolute Gasteiger partial charge is 0.339 e. The van der Waals surface area contributed by atoms with Crippen molar-refractivity contribution in [2.75, 3.05) is 5.32 Å². The molecule has 0 aliphatic heterocycles. The Kier molecular flexibility index (Phi) is 3.93. The third kappa shape index (κ3) is 2.94. The average Bonchev–Trinajstić information content (AvgIpc) is 2.32. The van der Waals surface area contributed by atoms with Gasteiger partial charge in [0.05, 0.1) is 3.57 Å². The quantitative estimate of drug-likeness (QED) is 0.861. The molecule has 0 bridgehead atoms. The topological polar surface area (TPSA) is 37.8 Å². The molecule has 0 fully saturated rings. The van der Waals surface area contributed by atoms with Crippen molar-refractivity contribution >= 4 is 34.1 Å². The summed E-state index contributed by atoms with van der Waals surface area (Å²) in [5, 5.41) is 3.36. The van der Waals surface area contributed by atoms with Crippen LogP contribution in [0.25, 0.3) is 0 Å². The monoisotopic (exact) mass is 339 g/mol. The number of halogens is 1. The molecule has 0 saturated carbocycles. The van der Waals surface area contributed by atoms with Gasteiger partial charge < -0.3 is 5.32 Å². The summed E-state index contributed by atoms with van der Waals surface area (Å²) in [5.41, 5.74) is 2.40. The second-order valence-electron chi connectivity index (χ2n) is 4.09. The van der Waals surface area contributed by atoms with Crippen molar-refractivity contribution in [1.29, 1.82) is 0 Å². The van der Waals surface area contributed by atoms with Gasteiger partial charge in [0.1, 0.15) is 12.1 Å². The minimum absolute atomic E-state index is 0.484. The number of para-hydroxylation sites is 1. The van der Waals surface area contributed by atoms with Gasteiger partial charge in [-0.25, -0.2) is 9.97 Å². The lowest BCUT2D eigenvalue weighted by Crippen LogP contribution is -2.01. The fraction of sp³-hybridized carbons (Fsp3) is 0.231. The van der Waals surface area contributed by atoms with Crippen LogP contribution >= 0.6 is 22.6 Å². The second kappa shape index (κ2) is 5.44. The maximum Gasteiger partial charge on any atom is 0.147 e. The van der Waals surface area contributed by atoms with Gasteiger partial charge in [-0.3, -0.25) is 0 Å². The molecule has 0 atom stereocenters. The molecule has 0 radical (unpaired) electrons. The predicted molar refractivity (Wildman–Crippen MR) is 78.6 cm³/mol. The molecule has 17 heavy (non-hydrogen) atoms.